The van der Waals surface area contributed by atoms with Gasteiger partial charge in [-0.3, -0.25) is 0 Å². The van der Waals surface area contributed by atoms with Crippen molar-refractivity contribution in [1.82, 2.24) is 23.3 Å². The summed E-state index contributed by atoms with van der Waals surface area (Å²) < 4.78 is 17.1. The van der Waals surface area contributed by atoms with Crippen molar-refractivity contribution in [3.8, 4) is 99.9 Å². The Hall–Kier alpha value is -12.5. The third kappa shape index (κ3) is 19.1. The van der Waals surface area contributed by atoms with E-state index in [1.807, 2.05) is 15.0 Å². The van der Waals surface area contributed by atoms with Gasteiger partial charge in [-0.25, -0.2) is 0 Å². The number of aromatic nitrogens is 5. The molecule has 0 unspecified atom stereocenters. The minimum Gasteiger partial charge on any atom is -0.355 e. The molecule has 0 fully saturated rings. The molecule has 0 saturated carbocycles. The first-order chi connectivity index (χ1) is 62.5. The van der Waals surface area contributed by atoms with Crippen LogP contribution in [0, 0.1) is 27.7 Å². The molecule has 0 aliphatic heterocycles. The van der Waals surface area contributed by atoms with Crippen LogP contribution in [0.5, 0.6) is 0 Å². The predicted octanol–water partition coefficient (Wildman–Crippen LogP) is 34.5. The molecule has 5 nitrogen and oxygen atoms in total. The van der Waals surface area contributed by atoms with Gasteiger partial charge in [-0.2, -0.15) is 0 Å². The van der Waals surface area contributed by atoms with Crippen molar-refractivity contribution in [3.63, 3.8) is 0 Å². The van der Waals surface area contributed by atoms with Crippen LogP contribution < -0.4 is 2.89 Å². The summed E-state index contributed by atoms with van der Waals surface area (Å²) in [6, 6.07) is 145. The van der Waals surface area contributed by atoms with E-state index in [9.17, 15) is 0 Å². The SMILES string of the molecule is CCC[CH2][Sn]([CH2]CCC)([CH2]CCC)[c]1ccc(-c2c(-c3ccccc3)n(-c3ccc(C)cc3)c3ccccc23)s1.Cc1ccc(-n2c(-c3ccccc3)c(-c3cccs3)c3ccccc32)cc1.Cc1ccc(-n2c(-c3ccccc3)c(Br)c3ccccc32)cc1.Cc1ccc(-n2c(-c3ccccc3)cc3ccccc32)cc1.c1ccc(-c2cc3ccccc3[nH]2)cc1. The summed E-state index contributed by atoms with van der Waals surface area (Å²) in [5.41, 5.74) is 31.1. The number of nitrogens with one attached hydrogen (secondary N) is 1. The first kappa shape index (κ1) is 86.6. The van der Waals surface area contributed by atoms with E-state index in [0.717, 1.165) is 4.47 Å². The fraction of sp³-hybridized carbons (Fsp3) is 0.136. The molecule has 7 heterocycles. The van der Waals surface area contributed by atoms with Crippen molar-refractivity contribution < 1.29 is 0 Å². The number of halogens is 1. The average Bonchev–Trinajstić information content (AvgIpc) is 1.54. The Morgan fingerprint density at radius 2 is 0.661 bits per heavy atom. The van der Waals surface area contributed by atoms with Crippen molar-refractivity contribution in [3.05, 3.63) is 439 Å². The summed E-state index contributed by atoms with van der Waals surface area (Å²) in [7, 11) is 0. The summed E-state index contributed by atoms with van der Waals surface area (Å²) in [6.45, 7) is 15.7. The van der Waals surface area contributed by atoms with Gasteiger partial charge in [0, 0.05) is 60.3 Å². The maximum absolute atomic E-state index is 3.83. The van der Waals surface area contributed by atoms with E-state index in [2.05, 4.69) is 499 Å². The molecular weight excluding hydrogens is 1750 g/mol. The molecule has 628 valence electrons. The number of benzene rings is 14. The van der Waals surface area contributed by atoms with Crippen LogP contribution in [-0.4, -0.2) is 41.6 Å². The zero-order valence-corrected chi connectivity index (χ0v) is 79.7. The van der Waals surface area contributed by atoms with Gasteiger partial charge in [0.1, 0.15) is 0 Å². The van der Waals surface area contributed by atoms with Crippen LogP contribution in [0.1, 0.15) is 81.5 Å². The normalized spacial score (nSPS) is 11.3. The smallest absolute Gasteiger partial charge is 0.0683 e. The summed E-state index contributed by atoms with van der Waals surface area (Å²) in [6.07, 6.45) is 8.16. The molecule has 1 N–H and O–H groups in total. The monoisotopic (exact) mass is 1860 g/mol. The third-order valence-electron chi connectivity index (χ3n) is 24.4. The molecule has 0 spiro atoms. The summed E-state index contributed by atoms with van der Waals surface area (Å²) in [5, 5.41) is 8.55. The molecule has 0 saturated heterocycles. The zero-order valence-electron chi connectivity index (χ0n) is 73.6. The molecule has 0 aliphatic rings. The maximum atomic E-state index is 3.83. The topological polar surface area (TPSA) is 35.5 Å². The molecule has 0 atom stereocenters. The number of hydrogen-bond acceptors (Lipinski definition) is 2. The van der Waals surface area contributed by atoms with Gasteiger partial charge in [-0.15, -0.1) is 11.3 Å². The first-order valence-corrected chi connectivity index (χ1v) is 54.9. The summed E-state index contributed by atoms with van der Waals surface area (Å²) in [4.78, 5) is 6.16. The average molecular weight is 1860 g/mol. The summed E-state index contributed by atoms with van der Waals surface area (Å²) in [5.74, 6) is 0. The molecule has 0 aliphatic carbocycles. The van der Waals surface area contributed by atoms with Crippen molar-refractivity contribution in [1.29, 1.82) is 0 Å². The second-order valence-corrected chi connectivity index (χ2v) is 50.3. The Morgan fingerprint density at radius 3 is 1.10 bits per heavy atom. The quantitative estimate of drug-likeness (QED) is 0.0696. The Labute approximate surface area is 769 Å². The van der Waals surface area contributed by atoms with Crippen LogP contribution in [0.3, 0.4) is 0 Å². The van der Waals surface area contributed by atoms with Crippen molar-refractivity contribution in [2.24, 2.45) is 0 Å². The summed E-state index contributed by atoms with van der Waals surface area (Å²) >= 11 is 5.27. The number of thiophene rings is 2. The second kappa shape index (κ2) is 40.8. The van der Waals surface area contributed by atoms with Gasteiger partial charge in [-0.1, -0.05) is 253 Å². The first-order valence-electron chi connectivity index (χ1n) is 44.9. The van der Waals surface area contributed by atoms with Crippen molar-refractivity contribution in [2.75, 3.05) is 0 Å². The van der Waals surface area contributed by atoms with Gasteiger partial charge in [0.25, 0.3) is 0 Å². The van der Waals surface area contributed by atoms with Crippen LogP contribution in [0.4, 0.5) is 0 Å². The minimum absolute atomic E-state index is 1.14. The van der Waals surface area contributed by atoms with Gasteiger partial charge in [0.05, 0.1) is 38.1 Å². The Morgan fingerprint density at radius 1 is 0.299 bits per heavy atom. The molecule has 127 heavy (non-hydrogen) atoms. The van der Waals surface area contributed by atoms with E-state index < -0.39 is 18.4 Å². The molecule has 7 aromatic heterocycles. The number of para-hydroxylation sites is 5. The fourth-order valence-electron chi connectivity index (χ4n) is 17.9. The molecule has 9 heteroatoms. The molecule has 0 bridgehead atoms. The zero-order chi connectivity index (χ0) is 87.0. The van der Waals surface area contributed by atoms with Crippen molar-refractivity contribution >= 4 is 114 Å². The number of aromatic amines is 1. The fourth-order valence-corrected chi connectivity index (χ4v) is 39.6. The molecule has 21 aromatic rings. The largest absolute Gasteiger partial charge is 0.355 e. The third-order valence-corrected chi connectivity index (χ3v) is 45.5. The number of H-pyrrole nitrogens is 1. The number of fused-ring (bicyclic) bond motifs is 5. The molecule has 0 radical (unpaired) electrons. The molecule has 21 rings (SSSR count). The van der Waals surface area contributed by atoms with Crippen LogP contribution >= 0.6 is 38.6 Å². The second-order valence-electron chi connectivity index (χ2n) is 33.3. The number of hydrogen-bond donors (Lipinski definition) is 1. The van der Waals surface area contributed by atoms with E-state index in [1.165, 1.54) is 229 Å². The Kier molecular flexibility index (Phi) is 27.8. The Balaban J connectivity index is 0.000000116. The molecule has 14 aromatic carbocycles. The van der Waals surface area contributed by atoms with Gasteiger partial charge >= 0.3 is 252 Å². The van der Waals surface area contributed by atoms with E-state index >= 15 is 0 Å². The number of nitrogens with zero attached hydrogens (tertiary/aromatic N) is 4. The number of aryl methyl sites for hydroxylation is 4. The standard InChI is InChI=1S/C25H19NS.C25H18NS.C21H16BrN.C21H17N.C14H11N.3C4H9.Sn/c2*1-18-13-15-20(16-14-18)26-22-11-6-5-10-21(22)24(23-12-7-17-27-23)25(26)19-8-3-2-4-9-19;1-15-11-13-17(14-12-15)23-19-10-6-5-9-18(19)20(22)21(23)16-7-3-2-4-8-16;1-16-11-13-19(14-12-16)22-20-10-6-5-9-18(20)15-21(22)17-7-3-2-4-8-17;1-2-6-11(7-3-1)14-10-12-8-4-5-9-13(12)15-14;3*1-3-4-2;/h2-17H,1H3;2-16H,1H3;2-14H,1H3;2-15H,1H3;1-10,15H;3*1,3-4H2,2H3;. The van der Waals surface area contributed by atoms with Gasteiger partial charge in [0.15, 0.2) is 0 Å². The van der Waals surface area contributed by atoms with Crippen LogP contribution in [0.25, 0.3) is 154 Å². The maximum Gasteiger partial charge on any atom is 0.0683 e. The van der Waals surface area contributed by atoms with Crippen LogP contribution in [0.15, 0.2) is 416 Å². The predicted molar refractivity (Wildman–Crippen MR) is 556 cm³/mol. The van der Waals surface area contributed by atoms with Crippen LogP contribution in [0.2, 0.25) is 13.3 Å². The van der Waals surface area contributed by atoms with Crippen LogP contribution in [-0.2, 0) is 0 Å². The molecule has 0 amide bonds. The van der Waals surface area contributed by atoms with E-state index in [1.54, 1.807) is 11.3 Å². The van der Waals surface area contributed by atoms with E-state index in [-0.39, 0.29) is 0 Å². The van der Waals surface area contributed by atoms with Gasteiger partial charge in [0.2, 0.25) is 0 Å². The minimum atomic E-state index is -2.52. The van der Waals surface area contributed by atoms with Gasteiger partial charge < -0.3 is 18.7 Å². The number of unbranched alkanes of at least 4 members (excludes halogenated alkanes) is 3. The number of rotatable bonds is 21. The van der Waals surface area contributed by atoms with E-state index in [0.29, 0.717) is 0 Å². The van der Waals surface area contributed by atoms with E-state index in [4.69, 9.17) is 0 Å². The molecular formula is C118H108BrN5S2Sn. The van der Waals surface area contributed by atoms with Gasteiger partial charge in [-0.05, 0) is 143 Å². The Bertz CT molecular complexity index is 7090. The van der Waals surface area contributed by atoms with Crippen molar-refractivity contribution in [2.45, 2.75) is 100 Å².